The van der Waals surface area contributed by atoms with Crippen LogP contribution in [0.25, 0.3) is 0 Å². The van der Waals surface area contributed by atoms with Crippen LogP contribution in [0.4, 0.5) is 0 Å². The molecule has 0 aliphatic rings. The predicted octanol–water partition coefficient (Wildman–Crippen LogP) is 3.91. The van der Waals surface area contributed by atoms with Crippen molar-refractivity contribution in [3.8, 4) is 0 Å². The lowest BCUT2D eigenvalue weighted by Gasteiger charge is -2.12. The zero-order valence-electron chi connectivity index (χ0n) is 11.2. The maximum Gasteiger partial charge on any atom is 0.0803 e. The van der Waals surface area contributed by atoms with Gasteiger partial charge < -0.3 is 9.84 Å². The molecule has 1 N–H and O–H groups in total. The van der Waals surface area contributed by atoms with Crippen molar-refractivity contribution < 1.29 is 9.84 Å². The summed E-state index contributed by atoms with van der Waals surface area (Å²) in [7, 11) is 0. The Labute approximate surface area is 101 Å². The van der Waals surface area contributed by atoms with Crippen molar-refractivity contribution in [1.82, 2.24) is 0 Å². The molecule has 0 aromatic rings. The van der Waals surface area contributed by atoms with E-state index in [0.717, 1.165) is 19.4 Å². The number of ether oxygens (including phenoxy) is 1. The van der Waals surface area contributed by atoms with E-state index in [1.165, 1.54) is 44.9 Å². The molecule has 0 aromatic heterocycles. The Morgan fingerprint density at radius 1 is 0.875 bits per heavy atom. The molecule has 0 fully saturated rings. The summed E-state index contributed by atoms with van der Waals surface area (Å²) in [4.78, 5) is 0. The summed E-state index contributed by atoms with van der Waals surface area (Å²) >= 11 is 0. The Kier molecular flexibility index (Phi) is 12.9. The predicted molar refractivity (Wildman–Crippen MR) is 69.7 cm³/mol. The fourth-order valence-corrected chi connectivity index (χ4v) is 1.79. The topological polar surface area (TPSA) is 29.5 Å². The highest BCUT2D eigenvalue weighted by Gasteiger charge is 2.02. The van der Waals surface area contributed by atoms with Crippen molar-refractivity contribution in [1.29, 1.82) is 0 Å². The minimum absolute atomic E-state index is 0.0598. The van der Waals surface area contributed by atoms with Gasteiger partial charge in [0.15, 0.2) is 0 Å². The van der Waals surface area contributed by atoms with E-state index < -0.39 is 0 Å². The quantitative estimate of drug-likeness (QED) is 0.515. The van der Waals surface area contributed by atoms with Gasteiger partial charge in [0.1, 0.15) is 0 Å². The van der Waals surface area contributed by atoms with Gasteiger partial charge in [-0.2, -0.15) is 0 Å². The Bertz CT molecular complexity index is 122. The van der Waals surface area contributed by atoms with Crippen LogP contribution in [-0.2, 0) is 4.74 Å². The fraction of sp³-hybridized carbons (Fsp3) is 1.00. The van der Waals surface area contributed by atoms with Crippen LogP contribution in [0.5, 0.6) is 0 Å². The summed E-state index contributed by atoms with van der Waals surface area (Å²) in [6.45, 7) is 5.28. The molecule has 16 heavy (non-hydrogen) atoms. The maximum absolute atomic E-state index is 8.92. The molecule has 0 heterocycles. The van der Waals surface area contributed by atoms with Crippen LogP contribution in [-0.4, -0.2) is 24.4 Å². The van der Waals surface area contributed by atoms with Gasteiger partial charge in [0.2, 0.25) is 0 Å². The first kappa shape index (κ1) is 15.9. The summed E-state index contributed by atoms with van der Waals surface area (Å²) < 4.78 is 5.54. The first-order valence-electron chi connectivity index (χ1n) is 7.07. The maximum atomic E-state index is 8.92. The molecule has 2 nitrogen and oxygen atoms in total. The van der Waals surface area contributed by atoms with E-state index in [1.54, 1.807) is 0 Å². The van der Waals surface area contributed by atoms with Crippen molar-refractivity contribution in [3.05, 3.63) is 0 Å². The molecule has 0 bridgehead atoms. The number of unbranched alkanes of at least 4 members (excludes halogenated alkanes) is 7. The normalized spacial score (nSPS) is 12.9. The number of hydrogen-bond acceptors (Lipinski definition) is 2. The zero-order chi connectivity index (χ0) is 12.1. The fourth-order valence-electron chi connectivity index (χ4n) is 1.79. The minimum Gasteiger partial charge on any atom is -0.394 e. The molecule has 0 aliphatic carbocycles. The van der Waals surface area contributed by atoms with E-state index in [2.05, 4.69) is 13.8 Å². The molecule has 0 amide bonds. The number of aliphatic hydroxyl groups excluding tert-OH is 1. The number of aliphatic hydroxyl groups is 1. The van der Waals surface area contributed by atoms with Gasteiger partial charge >= 0.3 is 0 Å². The number of hydrogen-bond donors (Lipinski definition) is 1. The van der Waals surface area contributed by atoms with E-state index in [1.807, 2.05) is 0 Å². The first-order valence-corrected chi connectivity index (χ1v) is 7.07. The largest absolute Gasteiger partial charge is 0.394 e. The van der Waals surface area contributed by atoms with E-state index in [4.69, 9.17) is 9.84 Å². The summed E-state index contributed by atoms with van der Waals surface area (Å²) in [6, 6.07) is 0. The SMILES string of the molecule is CCCCCCCCCCOC(CC)CO. The van der Waals surface area contributed by atoms with Crippen LogP contribution in [0.2, 0.25) is 0 Å². The molecule has 0 saturated heterocycles. The van der Waals surface area contributed by atoms with Crippen molar-refractivity contribution in [3.63, 3.8) is 0 Å². The minimum atomic E-state index is 0.0598. The van der Waals surface area contributed by atoms with Gasteiger partial charge in [0.05, 0.1) is 12.7 Å². The van der Waals surface area contributed by atoms with E-state index >= 15 is 0 Å². The Balaban J connectivity index is 3.03. The van der Waals surface area contributed by atoms with Crippen LogP contribution in [0.3, 0.4) is 0 Å². The molecule has 0 radical (unpaired) electrons. The highest BCUT2D eigenvalue weighted by atomic mass is 16.5. The molecule has 0 aromatic carbocycles. The van der Waals surface area contributed by atoms with Crippen LogP contribution in [0.1, 0.15) is 71.6 Å². The number of rotatable bonds is 12. The zero-order valence-corrected chi connectivity index (χ0v) is 11.2. The van der Waals surface area contributed by atoms with Crippen LogP contribution >= 0.6 is 0 Å². The Hall–Kier alpha value is -0.0800. The molecule has 2 heteroatoms. The average molecular weight is 230 g/mol. The lowest BCUT2D eigenvalue weighted by Crippen LogP contribution is -2.16. The highest BCUT2D eigenvalue weighted by Crippen LogP contribution is 2.08. The second kappa shape index (κ2) is 13.0. The van der Waals surface area contributed by atoms with Crippen LogP contribution in [0.15, 0.2) is 0 Å². The third-order valence-electron chi connectivity index (χ3n) is 3.01. The summed E-state index contributed by atoms with van der Waals surface area (Å²) in [5, 5.41) is 8.92. The second-order valence-corrected chi connectivity index (χ2v) is 4.56. The van der Waals surface area contributed by atoms with Crippen molar-refractivity contribution in [2.75, 3.05) is 13.2 Å². The Morgan fingerprint density at radius 2 is 1.44 bits per heavy atom. The summed E-state index contributed by atoms with van der Waals surface area (Å²) in [6.07, 6.45) is 11.6. The van der Waals surface area contributed by atoms with Crippen molar-refractivity contribution in [2.45, 2.75) is 77.7 Å². The second-order valence-electron chi connectivity index (χ2n) is 4.56. The van der Waals surface area contributed by atoms with Gasteiger partial charge in [-0.3, -0.25) is 0 Å². The highest BCUT2D eigenvalue weighted by molar-refractivity contribution is 4.52. The van der Waals surface area contributed by atoms with Gasteiger partial charge in [0, 0.05) is 6.61 Å². The molecule has 0 aliphatic heterocycles. The third kappa shape index (κ3) is 10.4. The third-order valence-corrected chi connectivity index (χ3v) is 3.01. The monoisotopic (exact) mass is 230 g/mol. The molecule has 1 atom stereocenters. The summed E-state index contributed by atoms with van der Waals surface area (Å²) in [5.74, 6) is 0. The van der Waals surface area contributed by atoms with Crippen molar-refractivity contribution >= 4 is 0 Å². The van der Waals surface area contributed by atoms with Gasteiger partial charge in [-0.15, -0.1) is 0 Å². The van der Waals surface area contributed by atoms with Gasteiger partial charge in [-0.25, -0.2) is 0 Å². The van der Waals surface area contributed by atoms with E-state index in [9.17, 15) is 0 Å². The molecular weight excluding hydrogens is 200 g/mol. The summed E-state index contributed by atoms with van der Waals surface area (Å²) in [5.41, 5.74) is 0. The molecule has 0 saturated carbocycles. The lowest BCUT2D eigenvalue weighted by atomic mass is 10.1. The molecule has 0 rings (SSSR count). The van der Waals surface area contributed by atoms with Crippen LogP contribution < -0.4 is 0 Å². The van der Waals surface area contributed by atoms with E-state index in [-0.39, 0.29) is 12.7 Å². The van der Waals surface area contributed by atoms with Gasteiger partial charge in [-0.1, -0.05) is 58.8 Å². The molecule has 0 spiro atoms. The van der Waals surface area contributed by atoms with Gasteiger partial charge in [0.25, 0.3) is 0 Å². The van der Waals surface area contributed by atoms with Gasteiger partial charge in [-0.05, 0) is 12.8 Å². The van der Waals surface area contributed by atoms with E-state index in [0.29, 0.717) is 0 Å². The standard InChI is InChI=1S/C14H30O2/c1-3-5-6-7-8-9-10-11-12-16-14(4-2)13-15/h14-15H,3-13H2,1-2H3. The average Bonchev–Trinajstić information content (AvgIpc) is 2.32. The smallest absolute Gasteiger partial charge is 0.0803 e. The first-order chi connectivity index (χ1) is 7.85. The molecule has 98 valence electrons. The van der Waals surface area contributed by atoms with Crippen LogP contribution in [0, 0.1) is 0 Å². The molecular formula is C14H30O2. The lowest BCUT2D eigenvalue weighted by molar-refractivity contribution is 0.00930. The Morgan fingerprint density at radius 3 is 1.94 bits per heavy atom. The molecule has 1 unspecified atom stereocenters. The van der Waals surface area contributed by atoms with Crippen molar-refractivity contribution in [2.24, 2.45) is 0 Å².